The van der Waals surface area contributed by atoms with Gasteiger partial charge in [-0.25, -0.2) is 0 Å². The van der Waals surface area contributed by atoms with E-state index in [-0.39, 0.29) is 0 Å². The van der Waals surface area contributed by atoms with E-state index in [2.05, 4.69) is 55.5 Å². The average molecular weight is 186 g/mol. The van der Waals surface area contributed by atoms with Crippen LogP contribution in [0, 0.1) is 0 Å². The molecule has 0 amide bonds. The predicted octanol–water partition coefficient (Wildman–Crippen LogP) is 4.34. The van der Waals surface area contributed by atoms with Gasteiger partial charge in [0.25, 0.3) is 0 Å². The Morgan fingerprint density at radius 3 is 2.86 bits per heavy atom. The molecule has 0 aromatic rings. The normalized spacial score (nSPS) is 19.9. The van der Waals surface area contributed by atoms with Gasteiger partial charge in [-0.05, 0) is 30.9 Å². The molecule has 0 aliphatic heterocycles. The van der Waals surface area contributed by atoms with Crippen molar-refractivity contribution in [2.24, 2.45) is 0 Å². The van der Waals surface area contributed by atoms with Crippen LogP contribution in [0.2, 0.25) is 0 Å². The lowest BCUT2D eigenvalue weighted by Gasteiger charge is -2.03. The van der Waals surface area contributed by atoms with Gasteiger partial charge in [0, 0.05) is 0 Å². The Kier molecular flexibility index (Phi) is 4.77. The van der Waals surface area contributed by atoms with Crippen molar-refractivity contribution in [3.8, 4) is 0 Å². The molecule has 0 atom stereocenters. The molecule has 74 valence electrons. The molecule has 0 nitrogen and oxygen atoms in total. The average Bonchev–Trinajstić information content (AvgIpc) is 2.25. The van der Waals surface area contributed by atoms with E-state index >= 15 is 0 Å². The van der Waals surface area contributed by atoms with Crippen molar-refractivity contribution in [1.82, 2.24) is 0 Å². The summed E-state index contributed by atoms with van der Waals surface area (Å²) in [7, 11) is 0. The van der Waals surface area contributed by atoms with E-state index in [1.165, 1.54) is 11.1 Å². The summed E-state index contributed by atoms with van der Waals surface area (Å²) in [6.45, 7) is 4.23. The van der Waals surface area contributed by atoms with Gasteiger partial charge in [-0.2, -0.15) is 0 Å². The minimum absolute atomic E-state index is 1.06. The fraction of sp³-hybridized carbons (Fsp3) is 0.286. The number of hydrogen-bond donors (Lipinski definition) is 0. The lowest BCUT2D eigenvalue weighted by atomic mass is 10.0. The van der Waals surface area contributed by atoms with Crippen LogP contribution in [0.25, 0.3) is 0 Å². The third kappa shape index (κ3) is 3.61. The smallest absolute Gasteiger partial charge is 0.00942 e. The van der Waals surface area contributed by atoms with Gasteiger partial charge in [-0.3, -0.25) is 0 Å². The molecule has 0 fully saturated rings. The van der Waals surface area contributed by atoms with Crippen LogP contribution < -0.4 is 0 Å². The Balaban J connectivity index is 2.72. The van der Waals surface area contributed by atoms with Crippen molar-refractivity contribution in [2.75, 3.05) is 0 Å². The van der Waals surface area contributed by atoms with Crippen LogP contribution in [0.1, 0.15) is 26.7 Å². The second-order valence-corrected chi connectivity index (χ2v) is 3.33. The molecule has 0 bridgehead atoms. The van der Waals surface area contributed by atoms with E-state index < -0.39 is 0 Å². The second kappa shape index (κ2) is 6.20. The lowest BCUT2D eigenvalue weighted by molar-refractivity contribution is 1.13. The first-order valence-corrected chi connectivity index (χ1v) is 5.22. The van der Waals surface area contributed by atoms with E-state index in [9.17, 15) is 0 Å². The highest BCUT2D eigenvalue weighted by molar-refractivity contribution is 5.36. The van der Waals surface area contributed by atoms with Gasteiger partial charge < -0.3 is 0 Å². The molecule has 1 aliphatic rings. The van der Waals surface area contributed by atoms with Crippen LogP contribution in [0.5, 0.6) is 0 Å². The molecule has 1 rings (SSSR count). The van der Waals surface area contributed by atoms with Gasteiger partial charge >= 0.3 is 0 Å². The van der Waals surface area contributed by atoms with Gasteiger partial charge in [0.1, 0.15) is 0 Å². The zero-order chi connectivity index (χ0) is 10.2. The molecular weight excluding hydrogens is 168 g/mol. The van der Waals surface area contributed by atoms with Crippen molar-refractivity contribution in [1.29, 1.82) is 0 Å². The summed E-state index contributed by atoms with van der Waals surface area (Å²) < 4.78 is 0. The van der Waals surface area contributed by atoms with Gasteiger partial charge in [0.05, 0.1) is 0 Å². The predicted molar refractivity (Wildman–Crippen MR) is 64.2 cm³/mol. The molecule has 0 aromatic carbocycles. The first-order valence-electron chi connectivity index (χ1n) is 5.22. The fourth-order valence-corrected chi connectivity index (χ4v) is 1.36. The van der Waals surface area contributed by atoms with Gasteiger partial charge in [-0.1, -0.05) is 55.5 Å². The molecule has 0 spiro atoms. The monoisotopic (exact) mass is 186 g/mol. The van der Waals surface area contributed by atoms with Crippen molar-refractivity contribution in [2.45, 2.75) is 26.7 Å². The zero-order valence-electron chi connectivity index (χ0n) is 9.03. The SMILES string of the molecule is C\C=C/C=C(/C=C1/C=CC=CC1)CC. The van der Waals surface area contributed by atoms with E-state index in [0.29, 0.717) is 0 Å². The quantitative estimate of drug-likeness (QED) is 0.575. The lowest BCUT2D eigenvalue weighted by Crippen LogP contribution is -1.83. The van der Waals surface area contributed by atoms with Crippen molar-refractivity contribution >= 4 is 0 Å². The van der Waals surface area contributed by atoms with Crippen LogP contribution in [-0.2, 0) is 0 Å². The first kappa shape index (κ1) is 10.8. The minimum atomic E-state index is 1.06. The molecule has 0 unspecified atom stereocenters. The van der Waals surface area contributed by atoms with E-state index in [1.54, 1.807) is 0 Å². The molecule has 0 heteroatoms. The first-order chi connectivity index (χ1) is 6.86. The molecule has 0 aromatic heterocycles. The Hall–Kier alpha value is -1.30. The summed E-state index contributed by atoms with van der Waals surface area (Å²) >= 11 is 0. The summed E-state index contributed by atoms with van der Waals surface area (Å²) in [5.74, 6) is 0. The zero-order valence-corrected chi connectivity index (χ0v) is 9.03. The molecule has 0 saturated heterocycles. The molecule has 0 heterocycles. The van der Waals surface area contributed by atoms with Crippen LogP contribution in [0.3, 0.4) is 0 Å². The van der Waals surface area contributed by atoms with Gasteiger partial charge in [-0.15, -0.1) is 0 Å². The number of hydrogen-bond acceptors (Lipinski definition) is 0. The van der Waals surface area contributed by atoms with Crippen molar-refractivity contribution in [3.05, 3.63) is 59.8 Å². The van der Waals surface area contributed by atoms with E-state index in [1.807, 2.05) is 6.92 Å². The Morgan fingerprint density at radius 2 is 2.29 bits per heavy atom. The third-order valence-electron chi connectivity index (χ3n) is 2.19. The summed E-state index contributed by atoms with van der Waals surface area (Å²) in [5.41, 5.74) is 2.78. The summed E-state index contributed by atoms with van der Waals surface area (Å²) in [6.07, 6.45) is 19.3. The Bertz CT molecular complexity index is 309. The minimum Gasteiger partial charge on any atom is -0.0877 e. The maximum Gasteiger partial charge on any atom is -0.00942 e. The molecule has 0 saturated carbocycles. The number of rotatable bonds is 3. The van der Waals surface area contributed by atoms with Crippen molar-refractivity contribution in [3.63, 3.8) is 0 Å². The summed E-state index contributed by atoms with van der Waals surface area (Å²) in [6, 6.07) is 0. The summed E-state index contributed by atoms with van der Waals surface area (Å²) in [4.78, 5) is 0. The van der Waals surface area contributed by atoms with Gasteiger partial charge in [0.2, 0.25) is 0 Å². The van der Waals surface area contributed by atoms with Crippen LogP contribution in [-0.4, -0.2) is 0 Å². The highest BCUT2D eigenvalue weighted by Gasteiger charge is 1.94. The number of allylic oxidation sites excluding steroid dienone is 10. The summed E-state index contributed by atoms with van der Waals surface area (Å²) in [5, 5.41) is 0. The molecule has 0 radical (unpaired) electrons. The van der Waals surface area contributed by atoms with Gasteiger partial charge in [0.15, 0.2) is 0 Å². The standard InChI is InChI=1S/C14H18/c1-3-5-9-13(4-2)12-14-10-7-6-8-11-14/h3,5-10,12H,4,11H2,1-2H3/b5-3-,13-9+,14-12-. The maximum atomic E-state index is 2.28. The maximum absolute atomic E-state index is 2.28. The Labute approximate surface area is 87.0 Å². The van der Waals surface area contributed by atoms with Crippen LogP contribution in [0.4, 0.5) is 0 Å². The largest absolute Gasteiger partial charge is 0.0877 e. The van der Waals surface area contributed by atoms with E-state index in [0.717, 1.165) is 12.8 Å². The second-order valence-electron chi connectivity index (χ2n) is 3.33. The fourth-order valence-electron chi connectivity index (χ4n) is 1.36. The van der Waals surface area contributed by atoms with Crippen LogP contribution in [0.15, 0.2) is 59.8 Å². The topological polar surface area (TPSA) is 0 Å². The van der Waals surface area contributed by atoms with Crippen LogP contribution >= 0.6 is 0 Å². The molecular formula is C14H18. The van der Waals surface area contributed by atoms with Crippen molar-refractivity contribution < 1.29 is 0 Å². The Morgan fingerprint density at radius 1 is 1.43 bits per heavy atom. The highest BCUT2D eigenvalue weighted by atomic mass is 14.0. The third-order valence-corrected chi connectivity index (χ3v) is 2.19. The molecule has 1 aliphatic carbocycles. The highest BCUT2D eigenvalue weighted by Crippen LogP contribution is 2.14. The molecule has 0 N–H and O–H groups in total. The van der Waals surface area contributed by atoms with E-state index in [4.69, 9.17) is 0 Å². The molecule has 14 heavy (non-hydrogen) atoms.